The lowest BCUT2D eigenvalue weighted by Gasteiger charge is -2.39. The Labute approximate surface area is 107 Å². The van der Waals surface area contributed by atoms with Crippen LogP contribution in [0.5, 0.6) is 0 Å². The highest BCUT2D eigenvalue weighted by Crippen LogP contribution is 2.27. The topological polar surface area (TPSA) is 19.4 Å². The number of hydrogen-bond acceptors (Lipinski definition) is 3. The predicted molar refractivity (Wildman–Crippen MR) is 70.6 cm³/mol. The summed E-state index contributed by atoms with van der Waals surface area (Å²) in [5, 5.41) is 0. The lowest BCUT2D eigenvalue weighted by Crippen LogP contribution is -2.50. The van der Waals surface area contributed by atoms with E-state index < -0.39 is 0 Å². The van der Waals surface area contributed by atoms with E-state index in [0.717, 1.165) is 24.7 Å². The number of aromatic nitrogens is 1. The second kappa shape index (κ2) is 4.83. The molecule has 2 fully saturated rings. The molecule has 0 saturated carbocycles. The Kier molecular flexibility index (Phi) is 3.21. The normalized spacial score (nSPS) is 25.0. The number of alkyl halides is 1. The summed E-state index contributed by atoms with van der Waals surface area (Å²) in [7, 11) is 0. The second-order valence-electron chi connectivity index (χ2n) is 4.92. The van der Waals surface area contributed by atoms with E-state index in [1.54, 1.807) is 0 Å². The number of piperazine rings is 1. The van der Waals surface area contributed by atoms with E-state index in [1.807, 2.05) is 12.4 Å². The van der Waals surface area contributed by atoms with Crippen molar-refractivity contribution in [2.45, 2.75) is 24.8 Å². The zero-order valence-electron chi connectivity index (χ0n) is 9.98. The number of pyridine rings is 1. The van der Waals surface area contributed by atoms with Crippen molar-refractivity contribution in [2.24, 2.45) is 0 Å². The third-order valence-corrected chi connectivity index (χ3v) is 4.24. The lowest BCUT2D eigenvalue weighted by molar-refractivity contribution is 0.231. The molecule has 2 aliphatic rings. The number of fused-ring (bicyclic) bond motifs is 1. The van der Waals surface area contributed by atoms with Gasteiger partial charge in [0.2, 0.25) is 0 Å². The molecule has 3 rings (SSSR count). The van der Waals surface area contributed by atoms with E-state index in [2.05, 4.69) is 20.9 Å². The lowest BCUT2D eigenvalue weighted by atomic mass is 10.1. The van der Waals surface area contributed by atoms with Crippen LogP contribution in [0.2, 0.25) is 0 Å². The van der Waals surface area contributed by atoms with Crippen LogP contribution in [0.15, 0.2) is 18.5 Å². The van der Waals surface area contributed by atoms with Crippen LogP contribution in [0.1, 0.15) is 18.4 Å². The summed E-state index contributed by atoms with van der Waals surface area (Å²) in [6.45, 7) is 4.74. The van der Waals surface area contributed by atoms with Gasteiger partial charge in [0.1, 0.15) is 0 Å². The predicted octanol–water partition coefficient (Wildman–Crippen LogP) is 2.10. The quantitative estimate of drug-likeness (QED) is 0.751. The van der Waals surface area contributed by atoms with Gasteiger partial charge < -0.3 is 4.90 Å². The molecule has 17 heavy (non-hydrogen) atoms. The largest absolute Gasteiger partial charge is 0.368 e. The summed E-state index contributed by atoms with van der Waals surface area (Å²) in [5.74, 6) is 0.550. The number of nitrogens with zero attached hydrogens (tertiary/aromatic N) is 3. The Morgan fingerprint density at radius 2 is 2.29 bits per heavy atom. The molecule has 4 heteroatoms. The maximum absolute atomic E-state index is 5.99. The van der Waals surface area contributed by atoms with Gasteiger partial charge in [0.05, 0.1) is 5.88 Å². The Bertz CT molecular complexity index is 396. The van der Waals surface area contributed by atoms with Gasteiger partial charge in [0, 0.05) is 49.3 Å². The van der Waals surface area contributed by atoms with Gasteiger partial charge in [-0.1, -0.05) is 0 Å². The van der Waals surface area contributed by atoms with Gasteiger partial charge in [0.15, 0.2) is 0 Å². The first-order valence-corrected chi connectivity index (χ1v) is 6.90. The smallest absolute Gasteiger partial charge is 0.0509 e. The summed E-state index contributed by atoms with van der Waals surface area (Å²) in [6.07, 6.45) is 6.46. The van der Waals surface area contributed by atoms with Crippen molar-refractivity contribution in [2.75, 3.05) is 31.1 Å². The van der Waals surface area contributed by atoms with Crippen molar-refractivity contribution in [3.05, 3.63) is 24.0 Å². The third kappa shape index (κ3) is 2.14. The summed E-state index contributed by atoms with van der Waals surface area (Å²) in [5.41, 5.74) is 2.43. The van der Waals surface area contributed by atoms with Gasteiger partial charge in [-0.15, -0.1) is 11.6 Å². The summed E-state index contributed by atoms with van der Waals surface area (Å²) < 4.78 is 0. The fourth-order valence-corrected chi connectivity index (χ4v) is 3.25. The van der Waals surface area contributed by atoms with Gasteiger partial charge in [-0.2, -0.15) is 0 Å². The van der Waals surface area contributed by atoms with Crippen LogP contribution in [0.4, 0.5) is 5.69 Å². The molecule has 0 spiro atoms. The Morgan fingerprint density at radius 1 is 1.35 bits per heavy atom. The van der Waals surface area contributed by atoms with Crippen molar-refractivity contribution in [3.8, 4) is 0 Å². The average molecular weight is 252 g/mol. The molecule has 3 heterocycles. The Balaban J connectivity index is 1.80. The van der Waals surface area contributed by atoms with Crippen LogP contribution in [0, 0.1) is 0 Å². The van der Waals surface area contributed by atoms with Crippen molar-refractivity contribution >= 4 is 17.3 Å². The fraction of sp³-hybridized carbons (Fsp3) is 0.615. The monoisotopic (exact) mass is 251 g/mol. The van der Waals surface area contributed by atoms with Gasteiger partial charge in [-0.3, -0.25) is 9.88 Å². The summed E-state index contributed by atoms with van der Waals surface area (Å²) in [6, 6.07) is 2.85. The molecule has 0 radical (unpaired) electrons. The van der Waals surface area contributed by atoms with Crippen LogP contribution < -0.4 is 4.90 Å². The highest BCUT2D eigenvalue weighted by molar-refractivity contribution is 6.17. The zero-order chi connectivity index (χ0) is 11.7. The fourth-order valence-electron chi connectivity index (χ4n) is 3.04. The first-order valence-electron chi connectivity index (χ1n) is 6.36. The van der Waals surface area contributed by atoms with Crippen LogP contribution in [-0.4, -0.2) is 42.1 Å². The molecule has 3 nitrogen and oxygen atoms in total. The molecular formula is C13H18ClN3. The van der Waals surface area contributed by atoms with E-state index in [1.165, 1.54) is 31.6 Å². The summed E-state index contributed by atoms with van der Waals surface area (Å²) >= 11 is 5.99. The third-order valence-electron chi connectivity index (χ3n) is 3.95. The van der Waals surface area contributed by atoms with Crippen LogP contribution in [-0.2, 0) is 5.88 Å². The average Bonchev–Trinajstić information content (AvgIpc) is 2.85. The SMILES string of the molecule is ClCc1cnccc1N1CCN2CCCC2C1. The molecular weight excluding hydrogens is 234 g/mol. The maximum atomic E-state index is 5.99. The molecule has 92 valence electrons. The molecule has 1 aromatic rings. The molecule has 0 aliphatic carbocycles. The number of hydrogen-bond donors (Lipinski definition) is 0. The van der Waals surface area contributed by atoms with Gasteiger partial charge >= 0.3 is 0 Å². The number of halogens is 1. The van der Waals surface area contributed by atoms with Crippen molar-refractivity contribution in [3.63, 3.8) is 0 Å². The van der Waals surface area contributed by atoms with Gasteiger partial charge in [0.25, 0.3) is 0 Å². The Morgan fingerprint density at radius 3 is 3.18 bits per heavy atom. The van der Waals surface area contributed by atoms with E-state index in [-0.39, 0.29) is 0 Å². The molecule has 0 N–H and O–H groups in total. The molecule has 0 aromatic carbocycles. The highest BCUT2D eigenvalue weighted by Gasteiger charge is 2.31. The first kappa shape index (κ1) is 11.3. The maximum Gasteiger partial charge on any atom is 0.0509 e. The minimum Gasteiger partial charge on any atom is -0.368 e. The first-order chi connectivity index (χ1) is 8.38. The van der Waals surface area contributed by atoms with E-state index in [4.69, 9.17) is 11.6 Å². The zero-order valence-corrected chi connectivity index (χ0v) is 10.7. The van der Waals surface area contributed by atoms with Crippen molar-refractivity contribution < 1.29 is 0 Å². The Hall–Kier alpha value is -0.800. The molecule has 2 aliphatic heterocycles. The van der Waals surface area contributed by atoms with E-state index in [9.17, 15) is 0 Å². The van der Waals surface area contributed by atoms with Crippen LogP contribution >= 0.6 is 11.6 Å². The molecule has 0 amide bonds. The number of rotatable bonds is 2. The molecule has 1 aromatic heterocycles. The minimum atomic E-state index is 0.550. The molecule has 2 saturated heterocycles. The standard InChI is InChI=1S/C13H18ClN3/c14-8-11-9-15-4-3-13(11)17-7-6-16-5-1-2-12(16)10-17/h3-4,9,12H,1-2,5-8,10H2. The highest BCUT2D eigenvalue weighted by atomic mass is 35.5. The van der Waals surface area contributed by atoms with Gasteiger partial charge in [-0.25, -0.2) is 0 Å². The second-order valence-corrected chi connectivity index (χ2v) is 5.18. The molecule has 1 atom stereocenters. The van der Waals surface area contributed by atoms with E-state index in [0.29, 0.717) is 5.88 Å². The molecule has 0 bridgehead atoms. The van der Waals surface area contributed by atoms with Crippen molar-refractivity contribution in [1.82, 2.24) is 9.88 Å². The van der Waals surface area contributed by atoms with Gasteiger partial charge in [-0.05, 0) is 25.5 Å². The number of anilines is 1. The summed E-state index contributed by atoms with van der Waals surface area (Å²) in [4.78, 5) is 9.26. The minimum absolute atomic E-state index is 0.550. The molecule has 1 unspecified atom stereocenters. The van der Waals surface area contributed by atoms with Crippen LogP contribution in [0.25, 0.3) is 0 Å². The van der Waals surface area contributed by atoms with Crippen LogP contribution in [0.3, 0.4) is 0 Å². The van der Waals surface area contributed by atoms with E-state index >= 15 is 0 Å². The van der Waals surface area contributed by atoms with Crippen molar-refractivity contribution in [1.29, 1.82) is 0 Å².